The van der Waals surface area contributed by atoms with Gasteiger partial charge in [0.15, 0.2) is 0 Å². The van der Waals surface area contributed by atoms with E-state index in [-0.39, 0.29) is 24.6 Å². The fraction of sp³-hybridized carbons (Fsp3) is 0.588. The van der Waals surface area contributed by atoms with Crippen LogP contribution < -0.4 is 5.32 Å². The Labute approximate surface area is 127 Å². The molecule has 0 saturated carbocycles. The number of benzene rings is 1. The maximum atomic E-state index is 12.6. The van der Waals surface area contributed by atoms with Crippen molar-refractivity contribution in [3.63, 3.8) is 0 Å². The molecule has 1 aromatic carbocycles. The summed E-state index contributed by atoms with van der Waals surface area (Å²) in [6.07, 6.45) is 2.58. The van der Waals surface area contributed by atoms with Crippen molar-refractivity contribution in [2.24, 2.45) is 0 Å². The molecule has 2 unspecified atom stereocenters. The van der Waals surface area contributed by atoms with Gasteiger partial charge in [-0.1, -0.05) is 44.2 Å². The number of rotatable bonds is 6. The molecular weight excluding hydrogens is 264 g/mol. The molecule has 0 aliphatic carbocycles. The van der Waals surface area contributed by atoms with Gasteiger partial charge in [0, 0.05) is 12.6 Å². The van der Waals surface area contributed by atoms with Crippen LogP contribution >= 0.6 is 0 Å². The van der Waals surface area contributed by atoms with E-state index in [1.54, 1.807) is 0 Å². The van der Waals surface area contributed by atoms with Crippen LogP contribution in [0.5, 0.6) is 0 Å². The van der Waals surface area contributed by atoms with Crippen LogP contribution in [-0.2, 0) is 11.2 Å². The van der Waals surface area contributed by atoms with E-state index < -0.39 is 0 Å². The minimum atomic E-state index is -0.128. The molecule has 1 amide bonds. The van der Waals surface area contributed by atoms with Crippen molar-refractivity contribution in [2.75, 3.05) is 13.2 Å². The van der Waals surface area contributed by atoms with Gasteiger partial charge in [-0.2, -0.15) is 0 Å². The molecule has 1 aromatic rings. The minimum Gasteiger partial charge on any atom is -0.394 e. The quantitative estimate of drug-likeness (QED) is 0.836. The lowest BCUT2D eigenvalue weighted by Gasteiger charge is -2.38. The lowest BCUT2D eigenvalue weighted by atomic mass is 9.98. The zero-order chi connectivity index (χ0) is 15.2. The number of aliphatic hydroxyl groups is 1. The number of amides is 1. The second kappa shape index (κ2) is 7.57. The maximum Gasteiger partial charge on any atom is 0.240 e. The van der Waals surface area contributed by atoms with Crippen molar-refractivity contribution < 1.29 is 9.90 Å². The number of hydrogen-bond acceptors (Lipinski definition) is 3. The summed E-state index contributed by atoms with van der Waals surface area (Å²) in [5, 5.41) is 13.0. The van der Waals surface area contributed by atoms with E-state index in [1.165, 1.54) is 0 Å². The van der Waals surface area contributed by atoms with E-state index in [1.807, 2.05) is 35.2 Å². The largest absolute Gasteiger partial charge is 0.394 e. The number of nitrogens with zero attached hydrogens (tertiary/aromatic N) is 1. The number of nitrogens with one attached hydrogen (secondary N) is 1. The first-order chi connectivity index (χ1) is 10.1. The van der Waals surface area contributed by atoms with Crippen molar-refractivity contribution in [1.29, 1.82) is 0 Å². The van der Waals surface area contributed by atoms with Crippen LogP contribution in [0.4, 0.5) is 0 Å². The van der Waals surface area contributed by atoms with Crippen LogP contribution in [0.1, 0.15) is 32.3 Å². The Morgan fingerprint density at radius 3 is 2.67 bits per heavy atom. The molecule has 1 heterocycles. The van der Waals surface area contributed by atoms with Crippen molar-refractivity contribution in [1.82, 2.24) is 10.2 Å². The molecule has 2 rings (SSSR count). The number of carbonyl (C=O) groups is 1. The van der Waals surface area contributed by atoms with Gasteiger partial charge in [0.1, 0.15) is 0 Å². The highest BCUT2D eigenvalue weighted by molar-refractivity contribution is 5.83. The third-order valence-electron chi connectivity index (χ3n) is 3.97. The third kappa shape index (κ3) is 4.29. The van der Waals surface area contributed by atoms with Gasteiger partial charge in [-0.3, -0.25) is 4.79 Å². The van der Waals surface area contributed by atoms with E-state index >= 15 is 0 Å². The van der Waals surface area contributed by atoms with Crippen molar-refractivity contribution in [3.8, 4) is 0 Å². The third-order valence-corrected chi connectivity index (χ3v) is 3.97. The average Bonchev–Trinajstić information content (AvgIpc) is 2.48. The number of piperidine rings is 1. The Bertz CT molecular complexity index is 447. The van der Waals surface area contributed by atoms with Gasteiger partial charge in [0.2, 0.25) is 5.91 Å². The Balaban J connectivity index is 2.04. The zero-order valence-electron chi connectivity index (χ0n) is 13.0. The summed E-state index contributed by atoms with van der Waals surface area (Å²) >= 11 is 0. The second-order valence-corrected chi connectivity index (χ2v) is 6.07. The summed E-state index contributed by atoms with van der Waals surface area (Å²) in [5.74, 6) is 0.130. The molecule has 0 spiro atoms. The minimum absolute atomic E-state index is 0.00896. The smallest absolute Gasteiger partial charge is 0.240 e. The summed E-state index contributed by atoms with van der Waals surface area (Å²) in [7, 11) is 0. The van der Waals surface area contributed by atoms with E-state index in [0.717, 1.165) is 24.9 Å². The lowest BCUT2D eigenvalue weighted by molar-refractivity contribution is -0.139. The fourth-order valence-corrected chi connectivity index (χ4v) is 2.98. The second-order valence-electron chi connectivity index (χ2n) is 6.07. The molecule has 116 valence electrons. The van der Waals surface area contributed by atoms with E-state index in [2.05, 4.69) is 19.2 Å². The van der Waals surface area contributed by atoms with Crippen LogP contribution in [0.15, 0.2) is 30.3 Å². The van der Waals surface area contributed by atoms with Crippen LogP contribution in [0.3, 0.4) is 0 Å². The number of likely N-dealkylation sites (tertiary alicyclic amines) is 1. The van der Waals surface area contributed by atoms with Gasteiger partial charge in [0.05, 0.1) is 18.7 Å². The highest BCUT2D eigenvalue weighted by Gasteiger charge is 2.33. The predicted molar refractivity (Wildman–Crippen MR) is 84.0 cm³/mol. The Morgan fingerprint density at radius 2 is 2.05 bits per heavy atom. The summed E-state index contributed by atoms with van der Waals surface area (Å²) < 4.78 is 0. The van der Waals surface area contributed by atoms with Crippen molar-refractivity contribution >= 4 is 5.91 Å². The monoisotopic (exact) mass is 290 g/mol. The predicted octanol–water partition coefficient (Wildman–Crippen LogP) is 1.58. The highest BCUT2D eigenvalue weighted by atomic mass is 16.3. The fourth-order valence-electron chi connectivity index (χ4n) is 2.98. The molecule has 1 aliphatic heterocycles. The first-order valence-electron chi connectivity index (χ1n) is 7.83. The topological polar surface area (TPSA) is 52.6 Å². The Kier molecular flexibility index (Phi) is 5.76. The van der Waals surface area contributed by atoms with Crippen LogP contribution in [0.25, 0.3) is 0 Å². The number of carbonyl (C=O) groups excluding carboxylic acids is 1. The zero-order valence-corrected chi connectivity index (χ0v) is 13.0. The van der Waals surface area contributed by atoms with Crippen LogP contribution in [-0.4, -0.2) is 47.2 Å². The lowest BCUT2D eigenvalue weighted by Crippen LogP contribution is -2.56. The van der Waals surface area contributed by atoms with Gasteiger partial charge in [0.25, 0.3) is 0 Å². The highest BCUT2D eigenvalue weighted by Crippen LogP contribution is 2.18. The molecule has 0 radical (unpaired) electrons. The van der Waals surface area contributed by atoms with Gasteiger partial charge in [-0.25, -0.2) is 0 Å². The van der Waals surface area contributed by atoms with Crippen molar-refractivity contribution in [3.05, 3.63) is 35.9 Å². The normalized spacial score (nSPS) is 20.9. The molecule has 1 aliphatic rings. The molecule has 1 fully saturated rings. The molecule has 4 heteroatoms. The molecule has 2 atom stereocenters. The standard InChI is InChI=1S/C17H26N2O2/c1-13(2)18-16-9-6-10-19(17(16)21)15(12-20)11-14-7-4-3-5-8-14/h3-5,7-8,13,15-16,18,20H,6,9-12H2,1-2H3. The molecular formula is C17H26N2O2. The van der Waals surface area contributed by atoms with Gasteiger partial charge in [-0.15, -0.1) is 0 Å². The molecule has 1 saturated heterocycles. The molecule has 0 bridgehead atoms. The van der Waals surface area contributed by atoms with E-state index in [4.69, 9.17) is 0 Å². The molecule has 0 aromatic heterocycles. The van der Waals surface area contributed by atoms with Gasteiger partial charge < -0.3 is 15.3 Å². The first kappa shape index (κ1) is 16.0. The van der Waals surface area contributed by atoms with Gasteiger partial charge in [-0.05, 0) is 24.8 Å². The van der Waals surface area contributed by atoms with Crippen molar-refractivity contribution in [2.45, 2.75) is 51.2 Å². The molecule has 4 nitrogen and oxygen atoms in total. The Morgan fingerprint density at radius 1 is 1.33 bits per heavy atom. The summed E-state index contributed by atoms with van der Waals surface area (Å²) in [6.45, 7) is 4.86. The summed E-state index contributed by atoms with van der Waals surface area (Å²) in [5.41, 5.74) is 1.16. The maximum absolute atomic E-state index is 12.6. The number of hydrogen-bond donors (Lipinski definition) is 2. The molecule has 2 N–H and O–H groups in total. The van der Waals surface area contributed by atoms with E-state index in [0.29, 0.717) is 12.5 Å². The van der Waals surface area contributed by atoms with Crippen LogP contribution in [0.2, 0.25) is 0 Å². The van der Waals surface area contributed by atoms with Crippen LogP contribution in [0, 0.1) is 0 Å². The summed E-state index contributed by atoms with van der Waals surface area (Å²) in [6, 6.07) is 10.1. The first-order valence-corrected chi connectivity index (χ1v) is 7.83. The average molecular weight is 290 g/mol. The SMILES string of the molecule is CC(C)NC1CCCN(C(CO)Cc2ccccc2)C1=O. The van der Waals surface area contributed by atoms with E-state index in [9.17, 15) is 9.90 Å². The molecule has 21 heavy (non-hydrogen) atoms. The Hall–Kier alpha value is -1.39. The van der Waals surface area contributed by atoms with Gasteiger partial charge >= 0.3 is 0 Å². The summed E-state index contributed by atoms with van der Waals surface area (Å²) in [4.78, 5) is 14.5. The number of aliphatic hydroxyl groups excluding tert-OH is 1.